The van der Waals surface area contributed by atoms with Crippen molar-refractivity contribution in [3.8, 4) is 0 Å². The monoisotopic (exact) mass is 344 g/mol. The number of nitrogens with zero attached hydrogens (tertiary/aromatic N) is 2. The van der Waals surface area contributed by atoms with Crippen molar-refractivity contribution in [3.05, 3.63) is 22.5 Å². The molecule has 112 valence electrons. The molecule has 2 N–H and O–H groups in total. The molecule has 1 aromatic rings. The third-order valence-corrected chi connectivity index (χ3v) is 6.73. The molecule has 2 aliphatic heterocycles. The van der Waals surface area contributed by atoms with Gasteiger partial charge in [0.1, 0.15) is 11.1 Å². The Morgan fingerprint density at radius 1 is 1.62 bits per heavy atom. The number of aromatic nitrogens is 1. The molecule has 0 saturated carbocycles. The fourth-order valence-electron chi connectivity index (χ4n) is 2.21. The molecular weight excluding hydrogens is 332 g/mol. The highest BCUT2D eigenvalue weighted by atomic mass is 32.2. The zero-order chi connectivity index (χ0) is 15.1. The topological polar surface area (TPSA) is 90.7 Å². The molecule has 1 aromatic heterocycles. The molecule has 9 heteroatoms. The molecule has 21 heavy (non-hydrogen) atoms. The van der Waals surface area contributed by atoms with Gasteiger partial charge in [0.15, 0.2) is 6.10 Å². The predicted molar refractivity (Wildman–Crippen MR) is 81.3 cm³/mol. The van der Waals surface area contributed by atoms with Gasteiger partial charge in [0.25, 0.3) is 5.91 Å². The minimum Gasteiger partial charge on any atom is -0.477 e. The van der Waals surface area contributed by atoms with E-state index in [9.17, 15) is 19.8 Å². The van der Waals surface area contributed by atoms with E-state index >= 15 is 0 Å². The zero-order valence-corrected chi connectivity index (χ0v) is 13.4. The first-order valence-electron chi connectivity index (χ1n) is 6.12. The number of aliphatic hydroxyl groups is 1. The molecule has 0 aromatic carbocycles. The molecule has 3 rings (SSSR count). The fraction of sp³-hybridized carbons (Fsp3) is 0.417. The van der Waals surface area contributed by atoms with Crippen molar-refractivity contribution in [1.29, 1.82) is 0 Å². The second-order valence-electron chi connectivity index (χ2n) is 4.60. The number of hydrogen-bond acceptors (Lipinski definition) is 7. The normalized spacial score (nSPS) is 24.9. The average Bonchev–Trinajstić information content (AvgIpc) is 2.88. The van der Waals surface area contributed by atoms with Gasteiger partial charge in [-0.05, 0) is 12.5 Å². The van der Waals surface area contributed by atoms with Crippen LogP contribution in [0.1, 0.15) is 5.01 Å². The SMILES string of the molecule is Cc1ncc(SCC2=C(C(=O)O)N3C(=O)[C@@H](O)[C@@H]3SC2)s1. The summed E-state index contributed by atoms with van der Waals surface area (Å²) in [6, 6.07) is 0. The summed E-state index contributed by atoms with van der Waals surface area (Å²) in [7, 11) is 0. The second kappa shape index (κ2) is 5.64. The largest absolute Gasteiger partial charge is 0.477 e. The summed E-state index contributed by atoms with van der Waals surface area (Å²) in [5.74, 6) is -0.627. The van der Waals surface area contributed by atoms with Crippen LogP contribution < -0.4 is 0 Å². The van der Waals surface area contributed by atoms with Crippen LogP contribution in [0.15, 0.2) is 21.7 Å². The molecular formula is C12H12N2O4S3. The molecule has 0 spiro atoms. The number of fused-ring (bicyclic) bond motifs is 1. The lowest BCUT2D eigenvalue weighted by molar-refractivity contribution is -0.159. The van der Waals surface area contributed by atoms with E-state index in [1.165, 1.54) is 28.4 Å². The molecule has 0 bridgehead atoms. The number of carbonyl (C=O) groups is 2. The Morgan fingerprint density at radius 3 is 3.00 bits per heavy atom. The summed E-state index contributed by atoms with van der Waals surface area (Å²) in [5, 5.41) is 19.4. The van der Waals surface area contributed by atoms with Crippen molar-refractivity contribution < 1.29 is 19.8 Å². The highest BCUT2D eigenvalue weighted by Gasteiger charge is 2.52. The van der Waals surface area contributed by atoms with Gasteiger partial charge in [-0.3, -0.25) is 9.69 Å². The number of hydrogen-bond donors (Lipinski definition) is 2. The summed E-state index contributed by atoms with van der Waals surface area (Å²) in [5.41, 5.74) is 0.739. The number of aliphatic hydroxyl groups excluding tert-OH is 1. The molecule has 0 aliphatic carbocycles. The van der Waals surface area contributed by atoms with E-state index in [4.69, 9.17) is 0 Å². The predicted octanol–water partition coefficient (Wildman–Crippen LogP) is 1.16. The van der Waals surface area contributed by atoms with Crippen molar-refractivity contribution in [2.75, 3.05) is 11.5 Å². The van der Waals surface area contributed by atoms with Crippen LogP contribution in [-0.4, -0.2) is 55.0 Å². The van der Waals surface area contributed by atoms with E-state index in [-0.39, 0.29) is 5.70 Å². The van der Waals surface area contributed by atoms with Crippen LogP contribution in [0, 0.1) is 6.92 Å². The summed E-state index contributed by atoms with van der Waals surface area (Å²) in [4.78, 5) is 28.5. The first-order chi connectivity index (χ1) is 9.99. The van der Waals surface area contributed by atoms with Crippen LogP contribution in [-0.2, 0) is 9.59 Å². The molecule has 3 heterocycles. The smallest absolute Gasteiger partial charge is 0.352 e. The van der Waals surface area contributed by atoms with E-state index in [0.717, 1.165) is 9.22 Å². The minimum atomic E-state index is -1.11. The molecule has 1 fully saturated rings. The number of carboxylic acid groups (broad SMARTS) is 1. The Bertz CT molecular complexity index is 642. The molecule has 6 nitrogen and oxygen atoms in total. The van der Waals surface area contributed by atoms with E-state index < -0.39 is 23.4 Å². The Morgan fingerprint density at radius 2 is 2.38 bits per heavy atom. The minimum absolute atomic E-state index is 0.0304. The first-order valence-corrected chi connectivity index (χ1v) is 8.97. The van der Waals surface area contributed by atoms with E-state index in [2.05, 4.69) is 4.98 Å². The molecule has 2 aliphatic rings. The molecule has 0 radical (unpaired) electrons. The van der Waals surface area contributed by atoms with Crippen LogP contribution in [0.4, 0.5) is 0 Å². The lowest BCUT2D eigenvalue weighted by Crippen LogP contribution is -2.64. The van der Waals surface area contributed by atoms with Crippen molar-refractivity contribution in [3.63, 3.8) is 0 Å². The second-order valence-corrected chi connectivity index (χ2v) is 8.21. The van der Waals surface area contributed by atoms with E-state index in [0.29, 0.717) is 17.1 Å². The lowest BCUT2D eigenvalue weighted by Gasteiger charge is -2.47. The number of rotatable bonds is 4. The molecule has 0 unspecified atom stereocenters. The number of amides is 1. The third kappa shape index (κ3) is 2.59. The van der Waals surface area contributed by atoms with Crippen molar-refractivity contribution >= 4 is 46.7 Å². The highest BCUT2D eigenvalue weighted by molar-refractivity contribution is 8.02. The summed E-state index contributed by atoms with van der Waals surface area (Å²) >= 11 is 4.48. The Hall–Kier alpha value is -1.03. The van der Waals surface area contributed by atoms with Crippen LogP contribution in [0.5, 0.6) is 0 Å². The maximum atomic E-state index is 11.7. The Kier molecular flexibility index (Phi) is 4.00. The van der Waals surface area contributed by atoms with Crippen LogP contribution >= 0.6 is 34.9 Å². The molecule has 2 atom stereocenters. The van der Waals surface area contributed by atoms with Crippen molar-refractivity contribution in [2.24, 2.45) is 0 Å². The summed E-state index contributed by atoms with van der Waals surface area (Å²) < 4.78 is 1.02. The van der Waals surface area contributed by atoms with Gasteiger partial charge >= 0.3 is 5.97 Å². The van der Waals surface area contributed by atoms with E-state index in [1.807, 2.05) is 6.92 Å². The van der Waals surface area contributed by atoms with Gasteiger partial charge in [-0.1, -0.05) is 0 Å². The number of thiazole rings is 1. The van der Waals surface area contributed by atoms with Crippen LogP contribution in [0.25, 0.3) is 0 Å². The number of thioether (sulfide) groups is 2. The fourth-order valence-corrected chi connectivity index (χ4v) is 5.56. The number of aryl methyl sites for hydroxylation is 1. The first kappa shape index (κ1) is 14.9. The zero-order valence-electron chi connectivity index (χ0n) is 11.0. The average molecular weight is 344 g/mol. The maximum Gasteiger partial charge on any atom is 0.352 e. The number of carbonyl (C=O) groups excluding carboxylic acids is 1. The van der Waals surface area contributed by atoms with E-state index in [1.54, 1.807) is 17.5 Å². The summed E-state index contributed by atoms with van der Waals surface area (Å²) in [6.45, 7) is 1.91. The van der Waals surface area contributed by atoms with Gasteiger partial charge in [0, 0.05) is 11.5 Å². The van der Waals surface area contributed by atoms with Gasteiger partial charge in [-0.2, -0.15) is 0 Å². The van der Waals surface area contributed by atoms with Gasteiger partial charge in [-0.25, -0.2) is 9.78 Å². The maximum absolute atomic E-state index is 11.7. The van der Waals surface area contributed by atoms with Gasteiger partial charge in [-0.15, -0.1) is 34.9 Å². The number of carboxylic acids is 1. The highest BCUT2D eigenvalue weighted by Crippen LogP contribution is 2.41. The van der Waals surface area contributed by atoms with Crippen molar-refractivity contribution in [1.82, 2.24) is 9.88 Å². The standard InChI is InChI=1S/C12H12N2O4S3/c1-5-13-2-7(21-5)19-3-6-4-20-11-9(15)10(16)14(11)8(6)12(17)18/h2,9,11,15H,3-4H2,1H3,(H,17,18)/t9-,11+/m1/s1. The van der Waals surface area contributed by atoms with Crippen LogP contribution in [0.2, 0.25) is 0 Å². The van der Waals surface area contributed by atoms with Gasteiger partial charge in [0.2, 0.25) is 0 Å². The molecule has 1 amide bonds. The number of aliphatic carboxylic acids is 1. The third-order valence-electron chi connectivity index (χ3n) is 3.21. The Labute approximate surface area is 133 Å². The number of β-lactam (4-membered cyclic amide) rings is 1. The van der Waals surface area contributed by atoms with Crippen molar-refractivity contribution in [2.45, 2.75) is 22.6 Å². The lowest BCUT2D eigenvalue weighted by atomic mass is 10.1. The summed E-state index contributed by atoms with van der Waals surface area (Å²) in [6.07, 6.45) is 0.686. The quantitative estimate of drug-likeness (QED) is 0.625. The Balaban J connectivity index is 1.81. The van der Waals surface area contributed by atoms with Gasteiger partial charge in [0.05, 0.1) is 15.4 Å². The van der Waals surface area contributed by atoms with Gasteiger partial charge < -0.3 is 10.2 Å². The van der Waals surface area contributed by atoms with Crippen LogP contribution in [0.3, 0.4) is 0 Å². The molecule has 1 saturated heterocycles.